The molecule has 0 amide bonds. The average molecular weight is 423 g/mol. The smallest absolute Gasteiger partial charge is 0.285 e. The van der Waals surface area contributed by atoms with Gasteiger partial charge in [0.25, 0.3) is 10.0 Å². The van der Waals surface area contributed by atoms with E-state index < -0.39 is 19.9 Å². The predicted octanol–water partition coefficient (Wildman–Crippen LogP) is 2.89. The number of aromatic nitrogens is 1. The number of fused-ring (bicyclic) bond motifs is 1. The van der Waals surface area contributed by atoms with Crippen molar-refractivity contribution in [3.63, 3.8) is 0 Å². The van der Waals surface area contributed by atoms with E-state index in [9.17, 15) is 16.8 Å². The molecule has 142 valence electrons. The quantitative estimate of drug-likeness (QED) is 0.592. The Balaban J connectivity index is 2.26. The maximum Gasteiger partial charge on any atom is 0.285 e. The highest BCUT2D eigenvalue weighted by Gasteiger charge is 2.16. The number of aryl methyl sites for hydroxylation is 1. The first kappa shape index (κ1) is 19.5. The minimum absolute atomic E-state index is 0.104. The highest BCUT2D eigenvalue weighted by molar-refractivity contribution is 7.90. The SMILES string of the molecule is C=CCn1c(=NS(=O)(=O)c2ccc(C)cc2)sc2cc(S(C)(=O)=O)ccc21. The third-order valence-corrected chi connectivity index (χ3v) is 7.46. The zero-order chi connectivity index (χ0) is 19.8. The summed E-state index contributed by atoms with van der Waals surface area (Å²) in [5.41, 5.74) is 1.65. The summed E-state index contributed by atoms with van der Waals surface area (Å²) in [4.78, 5) is 0.540. The van der Waals surface area contributed by atoms with Crippen molar-refractivity contribution in [3.05, 3.63) is 65.5 Å². The molecule has 0 saturated carbocycles. The Labute approximate surface area is 162 Å². The summed E-state index contributed by atoms with van der Waals surface area (Å²) >= 11 is 1.12. The molecule has 0 radical (unpaired) electrons. The number of benzene rings is 2. The molecule has 1 aromatic heterocycles. The lowest BCUT2D eigenvalue weighted by Gasteiger charge is -2.03. The van der Waals surface area contributed by atoms with Crippen molar-refractivity contribution in [2.45, 2.75) is 23.3 Å². The third kappa shape index (κ3) is 4.05. The van der Waals surface area contributed by atoms with Gasteiger partial charge in [-0.05, 0) is 37.3 Å². The number of hydrogen-bond donors (Lipinski definition) is 0. The Kier molecular flexibility index (Phi) is 5.11. The molecule has 6 nitrogen and oxygen atoms in total. The fraction of sp³-hybridized carbons (Fsp3) is 0.167. The molecule has 0 fully saturated rings. The van der Waals surface area contributed by atoms with Crippen LogP contribution in [-0.2, 0) is 26.4 Å². The van der Waals surface area contributed by atoms with Crippen molar-refractivity contribution in [1.82, 2.24) is 4.57 Å². The van der Waals surface area contributed by atoms with E-state index in [0.29, 0.717) is 16.8 Å². The molecule has 0 N–H and O–H groups in total. The van der Waals surface area contributed by atoms with Crippen LogP contribution >= 0.6 is 11.3 Å². The number of thiazole rings is 1. The highest BCUT2D eigenvalue weighted by atomic mass is 32.2. The van der Waals surface area contributed by atoms with Crippen LogP contribution in [0.5, 0.6) is 0 Å². The summed E-state index contributed by atoms with van der Waals surface area (Å²) < 4.78 is 55.3. The summed E-state index contributed by atoms with van der Waals surface area (Å²) in [7, 11) is -7.26. The average Bonchev–Trinajstić information content (AvgIpc) is 2.91. The standard InChI is InChI=1S/C18H18N2O4S3/c1-4-11-20-16-10-9-15(26(3,21)22)12-17(16)25-18(20)19-27(23,24)14-7-5-13(2)6-8-14/h4-10,12H,1,11H2,2-3H3. The summed E-state index contributed by atoms with van der Waals surface area (Å²) in [6.07, 6.45) is 2.76. The third-order valence-electron chi connectivity index (χ3n) is 3.91. The molecule has 3 aromatic rings. The molecule has 1 heterocycles. The van der Waals surface area contributed by atoms with E-state index in [0.717, 1.165) is 23.2 Å². The van der Waals surface area contributed by atoms with Gasteiger partial charge in [-0.15, -0.1) is 11.0 Å². The number of sulfone groups is 1. The topological polar surface area (TPSA) is 85.6 Å². The lowest BCUT2D eigenvalue weighted by Crippen LogP contribution is -2.16. The molecule has 0 aliphatic heterocycles. The second kappa shape index (κ2) is 7.06. The first-order chi connectivity index (χ1) is 12.6. The van der Waals surface area contributed by atoms with Gasteiger partial charge < -0.3 is 4.57 Å². The van der Waals surface area contributed by atoms with Gasteiger partial charge in [0.15, 0.2) is 9.84 Å². The summed E-state index contributed by atoms with van der Waals surface area (Å²) in [6, 6.07) is 11.1. The van der Waals surface area contributed by atoms with Crippen LogP contribution in [0.1, 0.15) is 5.56 Å². The van der Waals surface area contributed by atoms with Gasteiger partial charge in [-0.25, -0.2) is 8.42 Å². The molecule has 0 atom stereocenters. The van der Waals surface area contributed by atoms with E-state index in [-0.39, 0.29) is 14.6 Å². The van der Waals surface area contributed by atoms with E-state index in [2.05, 4.69) is 11.0 Å². The second-order valence-corrected chi connectivity index (χ2v) is 10.7. The van der Waals surface area contributed by atoms with Gasteiger partial charge >= 0.3 is 0 Å². The van der Waals surface area contributed by atoms with Gasteiger partial charge in [0, 0.05) is 12.8 Å². The van der Waals surface area contributed by atoms with Crippen molar-refractivity contribution in [3.8, 4) is 0 Å². The molecule has 0 spiro atoms. The van der Waals surface area contributed by atoms with Gasteiger partial charge in [0.1, 0.15) is 0 Å². The van der Waals surface area contributed by atoms with E-state index >= 15 is 0 Å². The number of allylic oxidation sites excluding steroid dienone is 1. The van der Waals surface area contributed by atoms with Crippen LogP contribution in [0.15, 0.2) is 69.3 Å². The number of hydrogen-bond acceptors (Lipinski definition) is 5. The fourth-order valence-corrected chi connectivity index (χ4v) is 5.53. The normalized spacial score (nSPS) is 13.2. The Morgan fingerprint density at radius 1 is 1.07 bits per heavy atom. The van der Waals surface area contributed by atoms with Crippen LogP contribution in [0, 0.1) is 6.92 Å². The van der Waals surface area contributed by atoms with Crippen LogP contribution in [0.4, 0.5) is 0 Å². The maximum absolute atomic E-state index is 12.7. The van der Waals surface area contributed by atoms with Crippen molar-refractivity contribution < 1.29 is 16.8 Å². The second-order valence-electron chi connectivity index (χ2n) is 6.07. The monoisotopic (exact) mass is 422 g/mol. The van der Waals surface area contributed by atoms with E-state index in [1.807, 2.05) is 6.92 Å². The zero-order valence-electron chi connectivity index (χ0n) is 14.8. The molecule has 0 aliphatic rings. The van der Waals surface area contributed by atoms with Crippen LogP contribution in [0.2, 0.25) is 0 Å². The Hall–Kier alpha value is -2.23. The molecular weight excluding hydrogens is 404 g/mol. The van der Waals surface area contributed by atoms with Crippen LogP contribution in [0.25, 0.3) is 10.2 Å². The minimum atomic E-state index is -3.90. The van der Waals surface area contributed by atoms with Crippen LogP contribution < -0.4 is 4.80 Å². The largest absolute Gasteiger partial charge is 0.312 e. The van der Waals surface area contributed by atoms with Gasteiger partial charge in [-0.3, -0.25) is 0 Å². The molecule has 9 heteroatoms. The van der Waals surface area contributed by atoms with Crippen LogP contribution in [-0.4, -0.2) is 27.7 Å². The Bertz CT molecular complexity index is 1300. The van der Waals surface area contributed by atoms with E-state index in [1.165, 1.54) is 24.3 Å². The number of sulfonamides is 1. The summed E-state index contributed by atoms with van der Waals surface area (Å²) in [6.45, 7) is 5.92. The van der Waals surface area contributed by atoms with Gasteiger partial charge in [0.2, 0.25) is 4.80 Å². The fourth-order valence-electron chi connectivity index (χ4n) is 2.53. The lowest BCUT2D eigenvalue weighted by atomic mass is 10.2. The highest BCUT2D eigenvalue weighted by Crippen LogP contribution is 2.22. The van der Waals surface area contributed by atoms with Crippen molar-refractivity contribution in [2.75, 3.05) is 6.26 Å². The zero-order valence-corrected chi connectivity index (χ0v) is 17.2. The van der Waals surface area contributed by atoms with Gasteiger partial charge in [-0.2, -0.15) is 8.42 Å². The number of rotatable bonds is 5. The Morgan fingerprint density at radius 2 is 1.70 bits per heavy atom. The molecule has 2 aromatic carbocycles. The number of nitrogens with zero attached hydrogens (tertiary/aromatic N) is 2. The van der Waals surface area contributed by atoms with E-state index in [1.54, 1.807) is 28.8 Å². The predicted molar refractivity (Wildman–Crippen MR) is 107 cm³/mol. The van der Waals surface area contributed by atoms with Gasteiger partial charge in [-0.1, -0.05) is 35.1 Å². The van der Waals surface area contributed by atoms with Crippen molar-refractivity contribution >= 4 is 41.4 Å². The summed E-state index contributed by atoms with van der Waals surface area (Å²) in [5, 5.41) is 0. The first-order valence-corrected chi connectivity index (χ1v) is 12.1. The van der Waals surface area contributed by atoms with Crippen LogP contribution in [0.3, 0.4) is 0 Å². The molecule has 3 rings (SSSR count). The molecule has 0 saturated heterocycles. The van der Waals surface area contributed by atoms with E-state index in [4.69, 9.17) is 0 Å². The van der Waals surface area contributed by atoms with Crippen molar-refractivity contribution in [2.24, 2.45) is 4.40 Å². The Morgan fingerprint density at radius 3 is 2.30 bits per heavy atom. The molecule has 0 aliphatic carbocycles. The maximum atomic E-state index is 12.7. The molecule has 0 unspecified atom stereocenters. The van der Waals surface area contributed by atoms with Gasteiger partial charge in [0.05, 0.1) is 20.0 Å². The summed E-state index contributed by atoms with van der Waals surface area (Å²) in [5.74, 6) is 0. The van der Waals surface area contributed by atoms with Crippen molar-refractivity contribution in [1.29, 1.82) is 0 Å². The molecule has 27 heavy (non-hydrogen) atoms. The molecular formula is C18H18N2O4S3. The molecule has 0 bridgehead atoms. The lowest BCUT2D eigenvalue weighted by molar-refractivity contribution is 0.595. The minimum Gasteiger partial charge on any atom is -0.312 e. The first-order valence-electron chi connectivity index (χ1n) is 7.94.